The normalized spacial score (nSPS) is 10.6. The summed E-state index contributed by atoms with van der Waals surface area (Å²) in [4.78, 5) is 11.1. The summed E-state index contributed by atoms with van der Waals surface area (Å²) in [5.74, 6) is -0.832. The zero-order valence-corrected chi connectivity index (χ0v) is 11.3. The van der Waals surface area contributed by atoms with E-state index in [-0.39, 0.29) is 11.3 Å². The van der Waals surface area contributed by atoms with Crippen molar-refractivity contribution in [1.29, 1.82) is 0 Å². The molecule has 1 N–H and O–H groups in total. The predicted octanol–water partition coefficient (Wildman–Crippen LogP) is 4.44. The molecule has 4 heteroatoms. The Labute approximate surface area is 116 Å². The number of ether oxygens (including phenoxy) is 1. The molecule has 0 aliphatic carbocycles. The molecule has 20 heavy (non-hydrogen) atoms. The number of carbonyl (C=O) groups is 1. The van der Waals surface area contributed by atoms with E-state index in [9.17, 15) is 9.18 Å². The number of rotatable bonds is 4. The SMILES string of the molecule is CC(C)c1cccc(Oc2ccc(F)cc2C(=O)O)c1. The van der Waals surface area contributed by atoms with Gasteiger partial charge in [-0.05, 0) is 41.8 Å². The van der Waals surface area contributed by atoms with E-state index in [0.717, 1.165) is 11.6 Å². The van der Waals surface area contributed by atoms with Crippen molar-refractivity contribution in [3.8, 4) is 11.5 Å². The molecule has 0 amide bonds. The van der Waals surface area contributed by atoms with Crippen molar-refractivity contribution < 1.29 is 19.0 Å². The number of aromatic carboxylic acids is 1. The minimum absolute atomic E-state index is 0.125. The molecule has 0 unspecified atom stereocenters. The number of carboxylic acid groups (broad SMARTS) is 1. The molecule has 0 aliphatic rings. The van der Waals surface area contributed by atoms with Gasteiger partial charge in [-0.3, -0.25) is 0 Å². The van der Waals surface area contributed by atoms with Crippen molar-refractivity contribution in [3.63, 3.8) is 0 Å². The quantitative estimate of drug-likeness (QED) is 0.896. The standard InChI is InChI=1S/C16H15FO3/c1-10(2)11-4-3-5-13(8-11)20-15-7-6-12(17)9-14(15)16(18)19/h3-10H,1-2H3,(H,18,19). The summed E-state index contributed by atoms with van der Waals surface area (Å²) >= 11 is 0. The van der Waals surface area contributed by atoms with Crippen LogP contribution in [0.15, 0.2) is 42.5 Å². The molecule has 0 atom stereocenters. The van der Waals surface area contributed by atoms with Gasteiger partial charge in [0.2, 0.25) is 0 Å². The smallest absolute Gasteiger partial charge is 0.339 e. The van der Waals surface area contributed by atoms with Crippen LogP contribution < -0.4 is 4.74 Å². The van der Waals surface area contributed by atoms with Gasteiger partial charge in [0.1, 0.15) is 22.9 Å². The Hall–Kier alpha value is -2.36. The zero-order valence-electron chi connectivity index (χ0n) is 11.3. The minimum Gasteiger partial charge on any atom is -0.478 e. The second kappa shape index (κ2) is 5.74. The lowest BCUT2D eigenvalue weighted by molar-refractivity contribution is 0.0693. The molecular formula is C16H15FO3. The molecule has 0 saturated carbocycles. The van der Waals surface area contributed by atoms with Gasteiger partial charge in [0.05, 0.1) is 0 Å². The first kappa shape index (κ1) is 14.1. The highest BCUT2D eigenvalue weighted by atomic mass is 19.1. The van der Waals surface area contributed by atoms with Gasteiger partial charge in [0.25, 0.3) is 0 Å². The molecule has 104 valence electrons. The molecule has 0 aromatic heterocycles. The zero-order chi connectivity index (χ0) is 14.7. The van der Waals surface area contributed by atoms with E-state index in [4.69, 9.17) is 9.84 Å². The average Bonchev–Trinajstić information content (AvgIpc) is 2.41. The maximum Gasteiger partial charge on any atom is 0.339 e. The van der Waals surface area contributed by atoms with Gasteiger partial charge in [-0.25, -0.2) is 9.18 Å². The molecule has 3 nitrogen and oxygen atoms in total. The van der Waals surface area contributed by atoms with Crippen LogP contribution in [0.1, 0.15) is 35.7 Å². The van der Waals surface area contributed by atoms with Gasteiger partial charge in [-0.2, -0.15) is 0 Å². The fraction of sp³-hybridized carbons (Fsp3) is 0.188. The second-order valence-electron chi connectivity index (χ2n) is 4.77. The van der Waals surface area contributed by atoms with Crippen molar-refractivity contribution in [3.05, 3.63) is 59.4 Å². The highest BCUT2D eigenvalue weighted by molar-refractivity contribution is 5.91. The molecule has 0 spiro atoms. The molecule has 2 aromatic carbocycles. The van der Waals surface area contributed by atoms with Crippen LogP contribution in [0.4, 0.5) is 4.39 Å². The summed E-state index contributed by atoms with van der Waals surface area (Å²) in [6.07, 6.45) is 0. The molecule has 0 bridgehead atoms. The van der Waals surface area contributed by atoms with Crippen LogP contribution in [0, 0.1) is 5.82 Å². The third kappa shape index (κ3) is 3.15. The van der Waals surface area contributed by atoms with Gasteiger partial charge >= 0.3 is 5.97 Å². The Morgan fingerprint density at radius 2 is 1.95 bits per heavy atom. The summed E-state index contributed by atoms with van der Waals surface area (Å²) in [6.45, 7) is 4.11. The first-order valence-corrected chi connectivity index (χ1v) is 6.28. The van der Waals surface area contributed by atoms with Crippen molar-refractivity contribution >= 4 is 5.97 Å². The second-order valence-corrected chi connectivity index (χ2v) is 4.77. The van der Waals surface area contributed by atoms with Crippen LogP contribution in [0.5, 0.6) is 11.5 Å². The maximum absolute atomic E-state index is 13.1. The van der Waals surface area contributed by atoms with E-state index in [0.29, 0.717) is 11.7 Å². The van der Waals surface area contributed by atoms with Crippen LogP contribution in [0.25, 0.3) is 0 Å². The fourth-order valence-electron chi connectivity index (χ4n) is 1.82. The van der Waals surface area contributed by atoms with E-state index in [2.05, 4.69) is 13.8 Å². The maximum atomic E-state index is 13.1. The Kier molecular flexibility index (Phi) is 4.03. The Morgan fingerprint density at radius 1 is 1.20 bits per heavy atom. The van der Waals surface area contributed by atoms with Crippen molar-refractivity contribution in [2.24, 2.45) is 0 Å². The number of carboxylic acids is 1. The third-order valence-electron chi connectivity index (χ3n) is 2.92. The predicted molar refractivity (Wildman–Crippen MR) is 74.0 cm³/mol. The van der Waals surface area contributed by atoms with E-state index in [1.807, 2.05) is 18.2 Å². The summed E-state index contributed by atoms with van der Waals surface area (Å²) in [6, 6.07) is 10.8. The lowest BCUT2D eigenvalue weighted by Gasteiger charge is -2.11. The molecular weight excluding hydrogens is 259 g/mol. The highest BCUT2D eigenvalue weighted by Gasteiger charge is 2.13. The van der Waals surface area contributed by atoms with E-state index < -0.39 is 11.8 Å². The summed E-state index contributed by atoms with van der Waals surface area (Å²) in [5, 5.41) is 9.06. The van der Waals surface area contributed by atoms with Gasteiger partial charge in [0.15, 0.2) is 0 Å². The summed E-state index contributed by atoms with van der Waals surface area (Å²) in [5.41, 5.74) is 0.890. The van der Waals surface area contributed by atoms with E-state index in [1.54, 1.807) is 6.07 Å². The molecule has 0 aliphatic heterocycles. The van der Waals surface area contributed by atoms with Crippen LogP contribution >= 0.6 is 0 Å². The van der Waals surface area contributed by atoms with Crippen LogP contribution in [-0.4, -0.2) is 11.1 Å². The summed E-state index contributed by atoms with van der Waals surface area (Å²) in [7, 11) is 0. The molecule has 0 heterocycles. The lowest BCUT2D eigenvalue weighted by atomic mass is 10.0. The Balaban J connectivity index is 2.35. The van der Waals surface area contributed by atoms with E-state index >= 15 is 0 Å². The molecule has 2 rings (SSSR count). The van der Waals surface area contributed by atoms with Crippen LogP contribution in [0.3, 0.4) is 0 Å². The number of hydrogen-bond donors (Lipinski definition) is 1. The highest BCUT2D eigenvalue weighted by Crippen LogP contribution is 2.28. The van der Waals surface area contributed by atoms with Gasteiger partial charge in [0, 0.05) is 0 Å². The Morgan fingerprint density at radius 3 is 2.60 bits per heavy atom. The van der Waals surface area contributed by atoms with Gasteiger partial charge in [-0.1, -0.05) is 26.0 Å². The third-order valence-corrected chi connectivity index (χ3v) is 2.92. The first-order chi connectivity index (χ1) is 9.47. The molecule has 0 saturated heterocycles. The average molecular weight is 274 g/mol. The topological polar surface area (TPSA) is 46.5 Å². The number of benzene rings is 2. The van der Waals surface area contributed by atoms with Crippen molar-refractivity contribution in [2.75, 3.05) is 0 Å². The lowest BCUT2D eigenvalue weighted by Crippen LogP contribution is -2.01. The van der Waals surface area contributed by atoms with Crippen molar-refractivity contribution in [2.45, 2.75) is 19.8 Å². The number of halogens is 1. The fourth-order valence-corrected chi connectivity index (χ4v) is 1.82. The Bertz CT molecular complexity index is 635. The van der Waals surface area contributed by atoms with Crippen molar-refractivity contribution in [1.82, 2.24) is 0 Å². The summed E-state index contributed by atoms with van der Waals surface area (Å²) < 4.78 is 18.7. The van der Waals surface area contributed by atoms with Crippen LogP contribution in [0.2, 0.25) is 0 Å². The number of hydrogen-bond acceptors (Lipinski definition) is 2. The largest absolute Gasteiger partial charge is 0.478 e. The molecule has 2 aromatic rings. The van der Waals surface area contributed by atoms with Gasteiger partial charge < -0.3 is 9.84 Å². The minimum atomic E-state index is -1.22. The van der Waals surface area contributed by atoms with E-state index in [1.165, 1.54) is 12.1 Å². The molecule has 0 fully saturated rings. The monoisotopic (exact) mass is 274 g/mol. The molecule has 0 radical (unpaired) electrons. The van der Waals surface area contributed by atoms with Crippen LogP contribution in [-0.2, 0) is 0 Å². The first-order valence-electron chi connectivity index (χ1n) is 6.28. The van der Waals surface area contributed by atoms with Gasteiger partial charge in [-0.15, -0.1) is 0 Å².